The normalized spacial score (nSPS) is 19.1. The van der Waals surface area contributed by atoms with Crippen molar-refractivity contribution in [1.29, 1.82) is 0 Å². The quantitative estimate of drug-likeness (QED) is 0.907. The second-order valence-electron chi connectivity index (χ2n) is 7.13. The van der Waals surface area contributed by atoms with Gasteiger partial charge in [0.2, 0.25) is 0 Å². The molecule has 1 heterocycles. The van der Waals surface area contributed by atoms with E-state index in [1.807, 2.05) is 12.1 Å². The van der Waals surface area contributed by atoms with Crippen molar-refractivity contribution in [2.24, 2.45) is 5.41 Å². The summed E-state index contributed by atoms with van der Waals surface area (Å²) >= 11 is 0. The van der Waals surface area contributed by atoms with Crippen LogP contribution < -0.4 is 9.47 Å². The summed E-state index contributed by atoms with van der Waals surface area (Å²) in [4.78, 5) is 0. The van der Waals surface area contributed by atoms with Gasteiger partial charge in [0, 0.05) is 17.0 Å². The van der Waals surface area contributed by atoms with Gasteiger partial charge in [-0.05, 0) is 41.7 Å². The van der Waals surface area contributed by atoms with Crippen molar-refractivity contribution < 1.29 is 19.0 Å². The van der Waals surface area contributed by atoms with Crippen molar-refractivity contribution in [2.45, 2.75) is 26.2 Å². The molecule has 128 valence electrons. The number of aliphatic hydroxyl groups excluding tert-OH is 1. The minimum absolute atomic E-state index is 0.00803. The van der Waals surface area contributed by atoms with E-state index in [1.54, 1.807) is 19.2 Å². The van der Waals surface area contributed by atoms with Crippen LogP contribution in [0.5, 0.6) is 11.5 Å². The Hall–Kier alpha value is -2.07. The van der Waals surface area contributed by atoms with Gasteiger partial charge in [0.1, 0.15) is 17.3 Å². The molecule has 1 aliphatic heterocycles. The third-order valence-electron chi connectivity index (χ3n) is 4.56. The molecule has 0 radical (unpaired) electrons. The Bertz CT molecular complexity index is 722. The summed E-state index contributed by atoms with van der Waals surface area (Å²) < 4.78 is 24.8. The Kier molecular flexibility index (Phi) is 4.50. The molecular weight excluding hydrogens is 307 g/mol. The highest BCUT2D eigenvalue weighted by atomic mass is 19.1. The second kappa shape index (κ2) is 6.44. The molecule has 0 bridgehead atoms. The molecule has 2 aromatic carbocycles. The van der Waals surface area contributed by atoms with Crippen LogP contribution in [0.2, 0.25) is 0 Å². The van der Waals surface area contributed by atoms with E-state index in [-0.39, 0.29) is 23.8 Å². The van der Waals surface area contributed by atoms with Crippen molar-refractivity contribution in [3.8, 4) is 22.6 Å². The molecule has 24 heavy (non-hydrogen) atoms. The fraction of sp³-hybridized carbons (Fsp3) is 0.400. The van der Waals surface area contributed by atoms with E-state index in [1.165, 1.54) is 12.1 Å². The maximum atomic E-state index is 13.2. The zero-order valence-electron chi connectivity index (χ0n) is 14.3. The van der Waals surface area contributed by atoms with Crippen molar-refractivity contribution >= 4 is 0 Å². The van der Waals surface area contributed by atoms with Crippen LogP contribution in [0.15, 0.2) is 36.4 Å². The SMILES string of the molecule is COc1cc2c(cc1-c1ccc(F)cc1)OCC(C)(C)CC2CO. The minimum Gasteiger partial charge on any atom is -0.496 e. The summed E-state index contributed by atoms with van der Waals surface area (Å²) in [6, 6.07) is 10.2. The maximum Gasteiger partial charge on any atom is 0.127 e. The van der Waals surface area contributed by atoms with E-state index in [2.05, 4.69) is 13.8 Å². The first-order valence-corrected chi connectivity index (χ1v) is 8.15. The van der Waals surface area contributed by atoms with Gasteiger partial charge in [0.05, 0.1) is 20.3 Å². The summed E-state index contributed by atoms with van der Waals surface area (Å²) in [5.41, 5.74) is 2.66. The Morgan fingerprint density at radius 2 is 1.96 bits per heavy atom. The summed E-state index contributed by atoms with van der Waals surface area (Å²) in [6.07, 6.45) is 0.843. The topological polar surface area (TPSA) is 38.7 Å². The van der Waals surface area contributed by atoms with E-state index < -0.39 is 0 Å². The van der Waals surface area contributed by atoms with Gasteiger partial charge in [-0.3, -0.25) is 0 Å². The molecule has 0 aliphatic carbocycles. The molecule has 1 N–H and O–H groups in total. The Balaban J connectivity index is 2.11. The number of fused-ring (bicyclic) bond motifs is 1. The number of hydrogen-bond donors (Lipinski definition) is 1. The molecule has 1 unspecified atom stereocenters. The number of halogens is 1. The summed E-state index contributed by atoms with van der Waals surface area (Å²) in [5, 5.41) is 9.84. The van der Waals surface area contributed by atoms with E-state index in [9.17, 15) is 9.50 Å². The minimum atomic E-state index is -0.272. The highest BCUT2D eigenvalue weighted by molar-refractivity contribution is 5.73. The highest BCUT2D eigenvalue weighted by Crippen LogP contribution is 2.44. The van der Waals surface area contributed by atoms with Gasteiger partial charge in [-0.15, -0.1) is 0 Å². The largest absolute Gasteiger partial charge is 0.496 e. The number of aliphatic hydroxyl groups is 1. The molecule has 3 rings (SSSR count). The van der Waals surface area contributed by atoms with Crippen LogP contribution in [0, 0.1) is 11.2 Å². The Labute approximate surface area is 142 Å². The monoisotopic (exact) mass is 330 g/mol. The Morgan fingerprint density at radius 3 is 2.58 bits per heavy atom. The smallest absolute Gasteiger partial charge is 0.127 e. The average Bonchev–Trinajstić information content (AvgIpc) is 2.70. The highest BCUT2D eigenvalue weighted by Gasteiger charge is 2.31. The second-order valence-corrected chi connectivity index (χ2v) is 7.13. The molecule has 0 spiro atoms. The first-order valence-electron chi connectivity index (χ1n) is 8.15. The van der Waals surface area contributed by atoms with Crippen LogP contribution in [0.25, 0.3) is 11.1 Å². The van der Waals surface area contributed by atoms with Gasteiger partial charge >= 0.3 is 0 Å². The molecule has 1 atom stereocenters. The van der Waals surface area contributed by atoms with Crippen molar-refractivity contribution in [1.82, 2.24) is 0 Å². The van der Waals surface area contributed by atoms with Gasteiger partial charge in [-0.1, -0.05) is 26.0 Å². The molecule has 0 saturated heterocycles. The van der Waals surface area contributed by atoms with Crippen LogP contribution in [-0.4, -0.2) is 25.4 Å². The molecular formula is C20H23FO3. The fourth-order valence-corrected chi connectivity index (χ4v) is 3.32. The third kappa shape index (κ3) is 3.24. The van der Waals surface area contributed by atoms with Crippen molar-refractivity contribution in [3.05, 3.63) is 47.8 Å². The molecule has 2 aromatic rings. The first-order chi connectivity index (χ1) is 11.4. The lowest BCUT2D eigenvalue weighted by Crippen LogP contribution is -2.22. The van der Waals surface area contributed by atoms with Gasteiger partial charge < -0.3 is 14.6 Å². The molecule has 0 saturated carbocycles. The van der Waals surface area contributed by atoms with Crippen molar-refractivity contribution in [3.63, 3.8) is 0 Å². The van der Waals surface area contributed by atoms with E-state index in [0.29, 0.717) is 12.4 Å². The number of benzene rings is 2. The van der Waals surface area contributed by atoms with Crippen molar-refractivity contribution in [2.75, 3.05) is 20.3 Å². The molecule has 0 fully saturated rings. The molecule has 4 heteroatoms. The van der Waals surface area contributed by atoms with Gasteiger partial charge in [0.15, 0.2) is 0 Å². The molecule has 0 aromatic heterocycles. The van der Waals surface area contributed by atoms with E-state index >= 15 is 0 Å². The first kappa shape index (κ1) is 16.8. The van der Waals surface area contributed by atoms with Crippen LogP contribution >= 0.6 is 0 Å². The summed E-state index contributed by atoms with van der Waals surface area (Å²) in [7, 11) is 1.62. The number of hydrogen-bond acceptors (Lipinski definition) is 3. The predicted molar refractivity (Wildman–Crippen MR) is 92.1 cm³/mol. The maximum absolute atomic E-state index is 13.2. The average molecular weight is 330 g/mol. The lowest BCUT2D eigenvalue weighted by atomic mass is 9.81. The van der Waals surface area contributed by atoms with E-state index in [0.717, 1.165) is 28.9 Å². The fourth-order valence-electron chi connectivity index (χ4n) is 3.32. The molecule has 3 nitrogen and oxygen atoms in total. The van der Waals surface area contributed by atoms with Gasteiger partial charge in [-0.25, -0.2) is 4.39 Å². The van der Waals surface area contributed by atoms with Crippen LogP contribution in [0.1, 0.15) is 31.7 Å². The zero-order valence-corrected chi connectivity index (χ0v) is 14.3. The summed E-state index contributed by atoms with van der Waals surface area (Å²) in [5.74, 6) is 1.20. The van der Waals surface area contributed by atoms with Crippen LogP contribution in [-0.2, 0) is 0 Å². The third-order valence-corrected chi connectivity index (χ3v) is 4.56. The summed E-state index contributed by atoms with van der Waals surface area (Å²) in [6.45, 7) is 4.93. The molecule has 1 aliphatic rings. The lowest BCUT2D eigenvalue weighted by molar-refractivity contribution is 0.161. The number of ether oxygens (including phenoxy) is 2. The Morgan fingerprint density at radius 1 is 1.25 bits per heavy atom. The zero-order chi connectivity index (χ0) is 17.3. The predicted octanol–water partition coefficient (Wildman–Crippen LogP) is 4.39. The number of methoxy groups -OCH3 is 1. The van der Waals surface area contributed by atoms with Gasteiger partial charge in [-0.2, -0.15) is 0 Å². The number of rotatable bonds is 3. The standard InChI is InChI=1S/C20H23FO3/c1-20(2)10-14(11-22)17-8-18(23-3)16(9-19(17)24-12-20)13-4-6-15(21)7-5-13/h4-9,14,22H,10-12H2,1-3H3. The van der Waals surface area contributed by atoms with E-state index in [4.69, 9.17) is 9.47 Å². The lowest BCUT2D eigenvalue weighted by Gasteiger charge is -2.24. The van der Waals surface area contributed by atoms with Crippen LogP contribution in [0.4, 0.5) is 4.39 Å². The molecule has 0 amide bonds. The van der Waals surface area contributed by atoms with Crippen LogP contribution in [0.3, 0.4) is 0 Å². The van der Waals surface area contributed by atoms with Gasteiger partial charge in [0.25, 0.3) is 0 Å².